The topological polar surface area (TPSA) is 20.3 Å². The van der Waals surface area contributed by atoms with Gasteiger partial charge in [-0.3, -0.25) is 4.90 Å². The monoisotopic (exact) mass is 179 g/mol. The van der Waals surface area contributed by atoms with Crippen molar-refractivity contribution in [1.82, 2.24) is 4.90 Å². The van der Waals surface area contributed by atoms with Crippen molar-refractivity contribution in [2.45, 2.75) is 12.8 Å². The molecule has 2 heteroatoms. The molecule has 2 aliphatic rings. The first kappa shape index (κ1) is 8.95. The van der Waals surface area contributed by atoms with Gasteiger partial charge in [-0.25, -0.2) is 0 Å². The minimum Gasteiger partial charge on any atom is -0.303 e. The van der Waals surface area contributed by atoms with Crippen molar-refractivity contribution < 1.29 is 4.79 Å². The Hall–Kier alpha value is -0.630. The summed E-state index contributed by atoms with van der Waals surface area (Å²) in [5, 5.41) is 0. The molecule has 0 aromatic heterocycles. The summed E-state index contributed by atoms with van der Waals surface area (Å²) in [6.45, 7) is 6.73. The van der Waals surface area contributed by atoms with E-state index in [1.165, 1.54) is 12.8 Å². The molecule has 2 atom stereocenters. The average molecular weight is 179 g/mol. The molecule has 0 spiro atoms. The molecule has 1 saturated carbocycles. The molecule has 0 radical (unpaired) electrons. The zero-order chi connectivity index (χ0) is 9.26. The minimum atomic E-state index is 0.299. The molecule has 2 rings (SSSR count). The summed E-state index contributed by atoms with van der Waals surface area (Å²) >= 11 is 0. The van der Waals surface area contributed by atoms with Crippen molar-refractivity contribution in [2.24, 2.45) is 17.8 Å². The molecule has 0 aromatic carbocycles. The maximum atomic E-state index is 10.8. The van der Waals surface area contributed by atoms with Crippen molar-refractivity contribution in [3.05, 3.63) is 12.7 Å². The fourth-order valence-corrected chi connectivity index (χ4v) is 2.44. The third-order valence-corrected chi connectivity index (χ3v) is 3.28. The molecule has 2 nitrogen and oxygen atoms in total. The molecule has 0 amide bonds. The second-order valence-corrected chi connectivity index (χ2v) is 4.31. The van der Waals surface area contributed by atoms with E-state index in [-0.39, 0.29) is 0 Å². The van der Waals surface area contributed by atoms with Crippen LogP contribution in [0.4, 0.5) is 0 Å². The van der Waals surface area contributed by atoms with E-state index >= 15 is 0 Å². The maximum absolute atomic E-state index is 10.8. The normalized spacial score (nSPS) is 34.8. The van der Waals surface area contributed by atoms with Crippen LogP contribution in [0.5, 0.6) is 0 Å². The van der Waals surface area contributed by atoms with Crippen LogP contribution < -0.4 is 0 Å². The first-order chi connectivity index (χ1) is 6.35. The van der Waals surface area contributed by atoms with Gasteiger partial charge in [-0.2, -0.15) is 0 Å². The lowest BCUT2D eigenvalue weighted by molar-refractivity contribution is -0.111. The second-order valence-electron chi connectivity index (χ2n) is 4.31. The Kier molecular flexibility index (Phi) is 2.49. The number of likely N-dealkylation sites (tertiary alicyclic amines) is 1. The quantitative estimate of drug-likeness (QED) is 0.479. The zero-order valence-electron chi connectivity index (χ0n) is 7.98. The largest absolute Gasteiger partial charge is 0.303 e. The molecule has 1 heterocycles. The van der Waals surface area contributed by atoms with Gasteiger partial charge in [0.1, 0.15) is 6.29 Å². The summed E-state index contributed by atoms with van der Waals surface area (Å²) in [6, 6.07) is 0. The van der Waals surface area contributed by atoms with Crippen LogP contribution in [0.3, 0.4) is 0 Å². The van der Waals surface area contributed by atoms with Gasteiger partial charge in [-0.05, 0) is 24.7 Å². The SMILES string of the molecule is C=CCN1C[C@@H](C=O)[C@H](C2CC2)C1. The molecule has 72 valence electrons. The van der Waals surface area contributed by atoms with Crippen LogP contribution in [0.25, 0.3) is 0 Å². The van der Waals surface area contributed by atoms with E-state index in [1.807, 2.05) is 6.08 Å². The van der Waals surface area contributed by atoms with Gasteiger partial charge in [-0.15, -0.1) is 6.58 Å². The number of hydrogen-bond donors (Lipinski definition) is 0. The molecule has 1 aliphatic heterocycles. The Balaban J connectivity index is 1.94. The summed E-state index contributed by atoms with van der Waals surface area (Å²) in [5.41, 5.74) is 0. The fraction of sp³-hybridized carbons (Fsp3) is 0.727. The summed E-state index contributed by atoms with van der Waals surface area (Å²) < 4.78 is 0. The van der Waals surface area contributed by atoms with Gasteiger partial charge in [-0.1, -0.05) is 6.08 Å². The van der Waals surface area contributed by atoms with Crippen LogP contribution in [-0.4, -0.2) is 30.8 Å². The molecule has 0 unspecified atom stereocenters. The summed E-state index contributed by atoms with van der Waals surface area (Å²) in [5.74, 6) is 1.80. The Labute approximate surface area is 79.6 Å². The molecule has 2 fully saturated rings. The first-order valence-corrected chi connectivity index (χ1v) is 5.13. The molecule has 13 heavy (non-hydrogen) atoms. The van der Waals surface area contributed by atoms with Crippen LogP contribution in [0.1, 0.15) is 12.8 Å². The fourth-order valence-electron chi connectivity index (χ4n) is 2.44. The van der Waals surface area contributed by atoms with Gasteiger partial charge in [0.2, 0.25) is 0 Å². The van der Waals surface area contributed by atoms with Crippen molar-refractivity contribution in [2.75, 3.05) is 19.6 Å². The van der Waals surface area contributed by atoms with E-state index in [4.69, 9.17) is 0 Å². The summed E-state index contributed by atoms with van der Waals surface area (Å²) in [7, 11) is 0. The third kappa shape index (κ3) is 1.83. The number of rotatable bonds is 4. The number of carbonyl (C=O) groups is 1. The highest BCUT2D eigenvalue weighted by Gasteiger charge is 2.41. The summed E-state index contributed by atoms with van der Waals surface area (Å²) in [6.07, 6.45) is 5.77. The Morgan fingerprint density at radius 2 is 2.15 bits per heavy atom. The molecule has 0 bridgehead atoms. The lowest BCUT2D eigenvalue weighted by Gasteiger charge is -2.12. The molecular weight excluding hydrogens is 162 g/mol. The highest BCUT2D eigenvalue weighted by atomic mass is 16.1. The lowest BCUT2D eigenvalue weighted by Crippen LogP contribution is -2.20. The number of aldehydes is 1. The van der Waals surface area contributed by atoms with Crippen LogP contribution >= 0.6 is 0 Å². The van der Waals surface area contributed by atoms with E-state index in [1.54, 1.807) is 0 Å². The van der Waals surface area contributed by atoms with E-state index in [0.29, 0.717) is 11.8 Å². The van der Waals surface area contributed by atoms with Crippen molar-refractivity contribution in [1.29, 1.82) is 0 Å². The molecule has 1 aliphatic carbocycles. The summed E-state index contributed by atoms with van der Waals surface area (Å²) in [4.78, 5) is 13.2. The van der Waals surface area contributed by atoms with E-state index < -0.39 is 0 Å². The van der Waals surface area contributed by atoms with Gasteiger partial charge < -0.3 is 4.79 Å². The van der Waals surface area contributed by atoms with Gasteiger partial charge >= 0.3 is 0 Å². The zero-order valence-corrected chi connectivity index (χ0v) is 7.98. The van der Waals surface area contributed by atoms with Crippen molar-refractivity contribution in [3.63, 3.8) is 0 Å². The van der Waals surface area contributed by atoms with Gasteiger partial charge in [0.15, 0.2) is 0 Å². The lowest BCUT2D eigenvalue weighted by atomic mass is 9.93. The highest BCUT2D eigenvalue weighted by molar-refractivity contribution is 5.55. The van der Waals surface area contributed by atoms with Crippen LogP contribution in [-0.2, 0) is 4.79 Å². The van der Waals surface area contributed by atoms with Gasteiger partial charge in [0, 0.05) is 25.6 Å². The van der Waals surface area contributed by atoms with E-state index in [9.17, 15) is 4.79 Å². The Bertz CT molecular complexity index is 210. The number of carbonyl (C=O) groups excluding carboxylic acids is 1. The van der Waals surface area contributed by atoms with E-state index in [2.05, 4.69) is 11.5 Å². The van der Waals surface area contributed by atoms with Gasteiger partial charge in [0.05, 0.1) is 0 Å². The standard InChI is InChI=1S/C11H17NO/c1-2-5-12-6-10(8-13)11(7-12)9-3-4-9/h2,8-11H,1,3-7H2/t10-,11-/m0/s1. The van der Waals surface area contributed by atoms with Crippen LogP contribution in [0.2, 0.25) is 0 Å². The smallest absolute Gasteiger partial charge is 0.124 e. The second kappa shape index (κ2) is 3.62. The predicted octanol–water partition coefficient (Wildman–Crippen LogP) is 1.33. The van der Waals surface area contributed by atoms with Gasteiger partial charge in [0.25, 0.3) is 0 Å². The van der Waals surface area contributed by atoms with E-state index in [0.717, 1.165) is 31.8 Å². The highest BCUT2D eigenvalue weighted by Crippen LogP contribution is 2.43. The first-order valence-electron chi connectivity index (χ1n) is 5.13. The Morgan fingerprint density at radius 1 is 1.38 bits per heavy atom. The van der Waals surface area contributed by atoms with Crippen LogP contribution in [0, 0.1) is 17.8 Å². The molecular formula is C11H17NO. The molecule has 0 aromatic rings. The maximum Gasteiger partial charge on any atom is 0.124 e. The minimum absolute atomic E-state index is 0.299. The number of hydrogen-bond acceptors (Lipinski definition) is 2. The molecule has 0 N–H and O–H groups in total. The van der Waals surface area contributed by atoms with Crippen molar-refractivity contribution >= 4 is 6.29 Å². The molecule has 1 saturated heterocycles. The van der Waals surface area contributed by atoms with Crippen LogP contribution in [0.15, 0.2) is 12.7 Å². The number of nitrogens with zero attached hydrogens (tertiary/aromatic N) is 1. The van der Waals surface area contributed by atoms with Crippen molar-refractivity contribution in [3.8, 4) is 0 Å². The predicted molar refractivity (Wildman–Crippen MR) is 52.4 cm³/mol. The average Bonchev–Trinajstić information content (AvgIpc) is 2.89. The Morgan fingerprint density at radius 3 is 2.69 bits per heavy atom. The third-order valence-electron chi connectivity index (χ3n) is 3.28.